The number of imidazole rings is 1. The number of carbonyl (C=O) groups is 1. The third-order valence-corrected chi connectivity index (χ3v) is 9.28. The summed E-state index contributed by atoms with van der Waals surface area (Å²) >= 11 is 0. The molecule has 0 spiro atoms. The van der Waals surface area contributed by atoms with Gasteiger partial charge >= 0.3 is 13.8 Å². The molecule has 19 heteroatoms. The van der Waals surface area contributed by atoms with Gasteiger partial charge in [0.25, 0.3) is 5.56 Å². The second-order valence-corrected chi connectivity index (χ2v) is 12.4. The zero-order valence-electron chi connectivity index (χ0n) is 23.8. The van der Waals surface area contributed by atoms with Crippen molar-refractivity contribution in [2.75, 3.05) is 105 Å². The molecular formula is C23H40N9O9P. The quantitative estimate of drug-likeness (QED) is 0.143. The number of carbonyl (C=O) groups excluding carboxylic acids is 1. The second kappa shape index (κ2) is 15.2. The highest BCUT2D eigenvalue weighted by atomic mass is 31.2. The Balaban J connectivity index is 1.25. The first-order valence-corrected chi connectivity index (χ1v) is 15.2. The molecule has 2 fully saturated rings. The lowest BCUT2D eigenvalue weighted by Crippen LogP contribution is -2.49. The highest BCUT2D eigenvalue weighted by Crippen LogP contribution is 2.53. The van der Waals surface area contributed by atoms with E-state index in [-0.39, 0.29) is 44.5 Å². The summed E-state index contributed by atoms with van der Waals surface area (Å²) in [5, 5.41) is 11.9. The monoisotopic (exact) mass is 617 g/mol. The van der Waals surface area contributed by atoms with Crippen LogP contribution in [0, 0.1) is 0 Å². The SMILES string of the molecule is CN(C)P(=O)(OC[C@@H]1CNC[C@H](n2cnc3c(=O)[nH]c(N)nc32)O1)N1CCN(C(=O)OCCOCCOCCO)CC1. The van der Waals surface area contributed by atoms with Crippen LogP contribution in [0.1, 0.15) is 6.23 Å². The number of aromatic nitrogens is 4. The van der Waals surface area contributed by atoms with Crippen LogP contribution in [-0.4, -0.2) is 151 Å². The number of nitrogens with two attached hydrogens (primary N) is 1. The average molecular weight is 618 g/mol. The van der Waals surface area contributed by atoms with Crippen LogP contribution < -0.4 is 16.6 Å². The molecule has 0 radical (unpaired) electrons. The van der Waals surface area contributed by atoms with Crippen molar-refractivity contribution >= 4 is 30.9 Å². The maximum atomic E-state index is 14.0. The number of ether oxygens (including phenoxy) is 4. The average Bonchev–Trinajstić information content (AvgIpc) is 3.41. The predicted molar refractivity (Wildman–Crippen MR) is 150 cm³/mol. The number of nitrogens with zero attached hydrogens (tertiary/aromatic N) is 6. The van der Waals surface area contributed by atoms with E-state index < -0.39 is 31.7 Å². The van der Waals surface area contributed by atoms with Crippen LogP contribution in [0.5, 0.6) is 0 Å². The van der Waals surface area contributed by atoms with Crippen LogP contribution in [0.25, 0.3) is 11.2 Å². The highest BCUT2D eigenvalue weighted by Gasteiger charge is 2.39. The minimum Gasteiger partial charge on any atom is -0.447 e. The van der Waals surface area contributed by atoms with Gasteiger partial charge in [0.2, 0.25) is 5.95 Å². The lowest BCUT2D eigenvalue weighted by Gasteiger charge is -2.40. The summed E-state index contributed by atoms with van der Waals surface area (Å²) in [7, 11) is -0.0555. The third-order valence-electron chi connectivity index (χ3n) is 6.67. The first-order valence-electron chi connectivity index (χ1n) is 13.7. The smallest absolute Gasteiger partial charge is 0.409 e. The standard InChI is InChI=1S/C23H40N9O9P/c1-29(2)42(36,31-5-3-30(4-6-31)23(35)39-12-11-38-10-9-37-8-7-33)40-15-17-13-25-14-18(41-17)32-16-26-19-20(32)27-22(24)28-21(19)34/h16-18,25,33H,3-15H2,1-2H3,(H3,24,27,28,34)/t17-,18+,42?/m0/s1. The number of nitrogens with one attached hydrogen (secondary N) is 2. The number of rotatable bonds is 14. The molecule has 2 aliphatic heterocycles. The van der Waals surface area contributed by atoms with Gasteiger partial charge in [-0.1, -0.05) is 0 Å². The molecule has 1 amide bonds. The summed E-state index contributed by atoms with van der Waals surface area (Å²) in [6, 6.07) is 0. The van der Waals surface area contributed by atoms with Crippen LogP contribution in [0.4, 0.5) is 10.7 Å². The van der Waals surface area contributed by atoms with Crippen molar-refractivity contribution in [3.8, 4) is 0 Å². The second-order valence-electron chi connectivity index (χ2n) is 9.78. The third kappa shape index (κ3) is 8.03. The van der Waals surface area contributed by atoms with Crippen LogP contribution in [0.3, 0.4) is 0 Å². The number of morpholine rings is 1. The Morgan fingerprint density at radius 2 is 1.88 bits per heavy atom. The fourth-order valence-corrected chi connectivity index (χ4v) is 6.47. The topological polar surface area (TPSA) is 212 Å². The Morgan fingerprint density at radius 3 is 2.60 bits per heavy atom. The Hall–Kier alpha value is -2.67. The molecule has 2 aromatic heterocycles. The number of anilines is 1. The predicted octanol–water partition coefficient (Wildman–Crippen LogP) is -1.35. The largest absolute Gasteiger partial charge is 0.447 e. The number of aliphatic hydroxyl groups excluding tert-OH is 1. The van der Waals surface area contributed by atoms with Crippen molar-refractivity contribution in [1.29, 1.82) is 0 Å². The number of nitrogen functional groups attached to an aromatic ring is 1. The van der Waals surface area contributed by atoms with Crippen LogP contribution in [-0.2, 0) is 28.0 Å². The zero-order valence-corrected chi connectivity index (χ0v) is 24.7. The molecule has 0 saturated carbocycles. The van der Waals surface area contributed by atoms with E-state index in [1.165, 1.54) is 6.33 Å². The molecule has 0 aromatic carbocycles. The maximum absolute atomic E-state index is 14.0. The number of amides is 1. The molecule has 2 aliphatic rings. The van der Waals surface area contributed by atoms with E-state index in [1.54, 1.807) is 32.9 Å². The number of H-pyrrole nitrogens is 1. The highest BCUT2D eigenvalue weighted by molar-refractivity contribution is 7.53. The zero-order chi connectivity index (χ0) is 30.1. The minimum atomic E-state index is -3.43. The van der Waals surface area contributed by atoms with Crippen molar-refractivity contribution in [3.63, 3.8) is 0 Å². The minimum absolute atomic E-state index is 0.0241. The Kier molecular flexibility index (Phi) is 11.7. The number of piperazine rings is 1. The van der Waals surface area contributed by atoms with Crippen LogP contribution in [0.15, 0.2) is 11.1 Å². The van der Waals surface area contributed by atoms with Crippen molar-refractivity contribution in [1.82, 2.24) is 39.1 Å². The molecule has 5 N–H and O–H groups in total. The fraction of sp³-hybridized carbons (Fsp3) is 0.739. The van der Waals surface area contributed by atoms with E-state index in [0.29, 0.717) is 58.1 Å². The summed E-state index contributed by atoms with van der Waals surface area (Å²) in [6.45, 7) is 3.48. The molecule has 1 unspecified atom stereocenters. The Labute approximate surface area is 242 Å². The van der Waals surface area contributed by atoms with Gasteiger partial charge in [0.15, 0.2) is 11.2 Å². The van der Waals surface area contributed by atoms with Crippen LogP contribution >= 0.6 is 7.67 Å². The normalized spacial score (nSPS) is 21.6. The van der Waals surface area contributed by atoms with E-state index >= 15 is 0 Å². The van der Waals surface area contributed by atoms with Gasteiger partial charge in [0.1, 0.15) is 12.8 Å². The van der Waals surface area contributed by atoms with Gasteiger partial charge < -0.3 is 44.5 Å². The molecular weight excluding hydrogens is 577 g/mol. The molecule has 4 rings (SSSR count). The molecule has 2 aromatic rings. The first kappa shape index (κ1) is 32.2. The number of aliphatic hydroxyl groups is 1. The lowest BCUT2D eigenvalue weighted by molar-refractivity contribution is -0.0911. The lowest BCUT2D eigenvalue weighted by atomic mass is 10.3. The Bertz CT molecular complexity index is 1270. The van der Waals surface area contributed by atoms with Gasteiger partial charge in [-0.3, -0.25) is 18.9 Å². The van der Waals surface area contributed by atoms with Gasteiger partial charge in [-0.2, -0.15) is 4.98 Å². The van der Waals surface area contributed by atoms with Crippen molar-refractivity contribution < 1.29 is 37.9 Å². The molecule has 18 nitrogen and oxygen atoms in total. The number of hydrogen-bond donors (Lipinski definition) is 4. The molecule has 3 atom stereocenters. The number of hydrogen-bond acceptors (Lipinski definition) is 13. The van der Waals surface area contributed by atoms with Crippen molar-refractivity contribution in [2.24, 2.45) is 0 Å². The molecule has 0 bridgehead atoms. The summed E-state index contributed by atoms with van der Waals surface area (Å²) in [4.78, 5) is 36.9. The van der Waals surface area contributed by atoms with Crippen LogP contribution in [0.2, 0.25) is 0 Å². The van der Waals surface area contributed by atoms with E-state index in [1.807, 2.05) is 0 Å². The van der Waals surface area contributed by atoms with Gasteiger partial charge in [-0.15, -0.1) is 0 Å². The summed E-state index contributed by atoms with van der Waals surface area (Å²) in [5.74, 6) is -0.0241. The molecule has 4 heterocycles. The van der Waals surface area contributed by atoms with Crippen molar-refractivity contribution in [2.45, 2.75) is 12.3 Å². The summed E-state index contributed by atoms with van der Waals surface area (Å²) < 4.78 is 46.8. The van der Waals surface area contributed by atoms with Gasteiger partial charge in [0.05, 0.1) is 52.1 Å². The van der Waals surface area contributed by atoms with E-state index in [9.17, 15) is 14.2 Å². The van der Waals surface area contributed by atoms with E-state index in [0.717, 1.165) is 0 Å². The first-order chi connectivity index (χ1) is 20.2. The Morgan fingerprint density at radius 1 is 1.17 bits per heavy atom. The number of fused-ring (bicyclic) bond motifs is 1. The van der Waals surface area contributed by atoms with E-state index in [2.05, 4.69) is 20.3 Å². The molecule has 0 aliphatic carbocycles. The van der Waals surface area contributed by atoms with E-state index in [4.69, 9.17) is 34.3 Å². The number of aromatic amines is 1. The summed E-state index contributed by atoms with van der Waals surface area (Å²) in [5.41, 5.74) is 5.73. The maximum Gasteiger partial charge on any atom is 0.409 e. The van der Waals surface area contributed by atoms with Gasteiger partial charge in [-0.05, 0) is 14.1 Å². The fourth-order valence-electron chi connectivity index (χ4n) is 4.53. The summed E-state index contributed by atoms with van der Waals surface area (Å²) in [6.07, 6.45) is 0.0198. The molecule has 2 saturated heterocycles. The van der Waals surface area contributed by atoms with Gasteiger partial charge in [-0.25, -0.2) is 19.1 Å². The van der Waals surface area contributed by atoms with Crippen molar-refractivity contribution in [3.05, 3.63) is 16.7 Å². The molecule has 42 heavy (non-hydrogen) atoms. The molecule has 236 valence electrons. The van der Waals surface area contributed by atoms with Gasteiger partial charge in [0, 0.05) is 39.3 Å².